The van der Waals surface area contributed by atoms with Gasteiger partial charge < -0.3 is 10.0 Å². The molecule has 17 heavy (non-hydrogen) atoms. The lowest BCUT2D eigenvalue weighted by molar-refractivity contribution is -0.154. The molecule has 0 radical (unpaired) electrons. The number of rotatable bonds is 5. The topological polar surface area (TPSA) is 57.6 Å². The summed E-state index contributed by atoms with van der Waals surface area (Å²) in [6.45, 7) is 3.47. The highest BCUT2D eigenvalue weighted by Crippen LogP contribution is 2.32. The molecule has 4 nitrogen and oxygen atoms in total. The van der Waals surface area contributed by atoms with E-state index in [4.69, 9.17) is 11.6 Å². The molecular formula is C12H14ClNO3. The van der Waals surface area contributed by atoms with Crippen LogP contribution in [0.4, 0.5) is 0 Å². The van der Waals surface area contributed by atoms with Crippen LogP contribution in [-0.2, 0) is 15.1 Å². The minimum Gasteiger partial charge on any atom is -0.479 e. The van der Waals surface area contributed by atoms with Crippen LogP contribution in [-0.4, -0.2) is 28.9 Å². The van der Waals surface area contributed by atoms with Gasteiger partial charge in [0, 0.05) is 17.1 Å². The van der Waals surface area contributed by atoms with Crippen molar-refractivity contribution in [1.29, 1.82) is 0 Å². The molecule has 1 aromatic rings. The zero-order valence-corrected chi connectivity index (χ0v) is 10.4. The van der Waals surface area contributed by atoms with Crippen molar-refractivity contribution in [3.8, 4) is 0 Å². The second-order valence-electron chi connectivity index (χ2n) is 3.75. The summed E-state index contributed by atoms with van der Waals surface area (Å²) in [4.78, 5) is 23.7. The highest BCUT2D eigenvalue weighted by molar-refractivity contribution is 6.31. The van der Waals surface area contributed by atoms with Crippen molar-refractivity contribution >= 4 is 24.0 Å². The largest absolute Gasteiger partial charge is 0.479 e. The maximum absolute atomic E-state index is 11.5. The minimum absolute atomic E-state index is 0.289. The number of likely N-dealkylation sites (N-methyl/N-ethyl adjacent to an activating group) is 1. The van der Waals surface area contributed by atoms with Gasteiger partial charge in [0.05, 0.1) is 0 Å². The van der Waals surface area contributed by atoms with Crippen LogP contribution in [0.25, 0.3) is 0 Å². The number of carbonyl (C=O) groups is 2. The normalized spacial score (nSPS) is 13.8. The minimum atomic E-state index is -1.45. The zero-order valence-electron chi connectivity index (χ0n) is 9.68. The molecule has 1 atom stereocenters. The van der Waals surface area contributed by atoms with E-state index >= 15 is 0 Å². The van der Waals surface area contributed by atoms with Gasteiger partial charge >= 0.3 is 5.97 Å². The first kappa shape index (κ1) is 13.5. The fraction of sp³-hybridized carbons (Fsp3) is 0.333. The predicted octanol–water partition coefficient (Wildman–Crippen LogP) is 2.12. The number of amides is 1. The Morgan fingerprint density at radius 3 is 2.53 bits per heavy atom. The number of halogens is 1. The fourth-order valence-electron chi connectivity index (χ4n) is 1.74. The van der Waals surface area contributed by atoms with Crippen molar-refractivity contribution in [2.75, 3.05) is 6.54 Å². The van der Waals surface area contributed by atoms with E-state index < -0.39 is 11.5 Å². The molecule has 1 aromatic carbocycles. The number of aliphatic carboxylic acids is 1. The zero-order chi connectivity index (χ0) is 13.1. The molecule has 0 saturated heterocycles. The third kappa shape index (κ3) is 2.26. The number of carboxylic acid groups (broad SMARTS) is 1. The van der Waals surface area contributed by atoms with E-state index in [1.54, 1.807) is 31.2 Å². The molecule has 1 rings (SSSR count). The molecule has 5 heteroatoms. The van der Waals surface area contributed by atoms with E-state index in [-0.39, 0.29) is 6.54 Å². The van der Waals surface area contributed by atoms with Gasteiger partial charge in [-0.05, 0) is 19.9 Å². The van der Waals surface area contributed by atoms with Gasteiger partial charge in [-0.2, -0.15) is 0 Å². The third-order valence-electron chi connectivity index (χ3n) is 2.86. The molecule has 0 heterocycles. The van der Waals surface area contributed by atoms with E-state index in [0.29, 0.717) is 17.0 Å². The van der Waals surface area contributed by atoms with Crippen molar-refractivity contribution in [1.82, 2.24) is 4.90 Å². The van der Waals surface area contributed by atoms with E-state index in [1.807, 2.05) is 0 Å². The van der Waals surface area contributed by atoms with Gasteiger partial charge in [0.2, 0.25) is 6.41 Å². The lowest BCUT2D eigenvalue weighted by Crippen LogP contribution is -2.49. The second-order valence-corrected chi connectivity index (χ2v) is 4.16. The Balaban J connectivity index is 3.40. The van der Waals surface area contributed by atoms with Crippen LogP contribution in [0.5, 0.6) is 0 Å². The maximum atomic E-state index is 11.5. The third-order valence-corrected chi connectivity index (χ3v) is 3.19. The van der Waals surface area contributed by atoms with Crippen molar-refractivity contribution in [3.63, 3.8) is 0 Å². The quantitative estimate of drug-likeness (QED) is 0.820. The molecule has 0 aromatic heterocycles. The molecule has 0 aliphatic rings. The molecule has 0 spiro atoms. The van der Waals surface area contributed by atoms with Crippen molar-refractivity contribution in [2.24, 2.45) is 0 Å². The van der Waals surface area contributed by atoms with E-state index in [2.05, 4.69) is 0 Å². The summed E-state index contributed by atoms with van der Waals surface area (Å²) >= 11 is 6.00. The lowest BCUT2D eigenvalue weighted by Gasteiger charge is -2.35. The van der Waals surface area contributed by atoms with Crippen molar-refractivity contribution < 1.29 is 14.7 Å². The maximum Gasteiger partial charge on any atom is 0.334 e. The van der Waals surface area contributed by atoms with Crippen LogP contribution in [0.1, 0.15) is 19.4 Å². The fourth-order valence-corrected chi connectivity index (χ4v) is 2.06. The highest BCUT2D eigenvalue weighted by Gasteiger charge is 2.41. The number of hydrogen-bond donors (Lipinski definition) is 1. The molecule has 0 aliphatic heterocycles. The Morgan fingerprint density at radius 2 is 2.12 bits per heavy atom. The number of benzene rings is 1. The predicted molar refractivity (Wildman–Crippen MR) is 64.9 cm³/mol. The summed E-state index contributed by atoms with van der Waals surface area (Å²) in [6.07, 6.45) is 0.525. The first-order valence-corrected chi connectivity index (χ1v) is 5.56. The average molecular weight is 256 g/mol. The van der Waals surface area contributed by atoms with Gasteiger partial charge in [-0.15, -0.1) is 0 Å². The van der Waals surface area contributed by atoms with Gasteiger partial charge in [-0.25, -0.2) is 4.79 Å². The van der Waals surface area contributed by atoms with Crippen LogP contribution in [0.2, 0.25) is 5.02 Å². The molecule has 0 saturated carbocycles. The number of hydrogen-bond acceptors (Lipinski definition) is 2. The standard InChI is InChI=1S/C12H14ClNO3/c1-3-14(8-15)12(2,11(16)17)9-6-4-5-7-10(9)13/h4-8H,3H2,1-2H3,(H,16,17). The summed E-state index contributed by atoms with van der Waals surface area (Å²) in [5, 5.41) is 9.72. The Hall–Kier alpha value is -1.55. The van der Waals surface area contributed by atoms with Gasteiger partial charge in [0.15, 0.2) is 5.54 Å². The van der Waals surface area contributed by atoms with E-state index in [0.717, 1.165) is 0 Å². The van der Waals surface area contributed by atoms with Gasteiger partial charge in [-0.1, -0.05) is 29.8 Å². The molecule has 1 N–H and O–H groups in total. The molecule has 0 bridgehead atoms. The van der Waals surface area contributed by atoms with Crippen LogP contribution in [0.15, 0.2) is 24.3 Å². The molecular weight excluding hydrogens is 242 g/mol. The molecule has 0 fully saturated rings. The average Bonchev–Trinajstić information content (AvgIpc) is 2.30. The summed E-state index contributed by atoms with van der Waals surface area (Å²) in [5.41, 5.74) is -1.04. The molecule has 0 aliphatic carbocycles. The van der Waals surface area contributed by atoms with Gasteiger partial charge in [0.1, 0.15) is 0 Å². The molecule has 1 unspecified atom stereocenters. The Labute approximate surface area is 105 Å². The Morgan fingerprint density at radius 1 is 1.53 bits per heavy atom. The van der Waals surface area contributed by atoms with E-state index in [9.17, 15) is 14.7 Å². The van der Waals surface area contributed by atoms with Crippen LogP contribution < -0.4 is 0 Å². The number of carboxylic acids is 1. The van der Waals surface area contributed by atoms with Crippen LogP contribution >= 0.6 is 11.6 Å². The monoisotopic (exact) mass is 255 g/mol. The Kier molecular flexibility index (Phi) is 4.12. The first-order chi connectivity index (χ1) is 7.98. The van der Waals surface area contributed by atoms with Crippen LogP contribution in [0.3, 0.4) is 0 Å². The molecule has 1 amide bonds. The lowest BCUT2D eigenvalue weighted by atomic mass is 9.90. The smallest absolute Gasteiger partial charge is 0.334 e. The van der Waals surface area contributed by atoms with Crippen molar-refractivity contribution in [2.45, 2.75) is 19.4 Å². The van der Waals surface area contributed by atoms with E-state index in [1.165, 1.54) is 11.8 Å². The first-order valence-electron chi connectivity index (χ1n) is 5.18. The van der Waals surface area contributed by atoms with Gasteiger partial charge in [-0.3, -0.25) is 4.79 Å². The summed E-state index contributed by atoms with van der Waals surface area (Å²) in [7, 11) is 0. The SMILES string of the molecule is CCN(C=O)C(C)(C(=O)O)c1ccccc1Cl. The van der Waals surface area contributed by atoms with Crippen molar-refractivity contribution in [3.05, 3.63) is 34.9 Å². The summed E-state index contributed by atoms with van der Waals surface area (Å²) < 4.78 is 0. The molecule has 92 valence electrons. The summed E-state index contributed by atoms with van der Waals surface area (Å²) in [6, 6.07) is 6.63. The Bertz CT molecular complexity index is 436. The summed E-state index contributed by atoms with van der Waals surface area (Å²) in [5.74, 6) is -1.11. The second kappa shape index (κ2) is 5.19. The number of carbonyl (C=O) groups excluding carboxylic acids is 1. The van der Waals surface area contributed by atoms with Crippen LogP contribution in [0, 0.1) is 0 Å². The van der Waals surface area contributed by atoms with Gasteiger partial charge in [0.25, 0.3) is 0 Å². The number of nitrogens with zero attached hydrogens (tertiary/aromatic N) is 1. The highest BCUT2D eigenvalue weighted by atomic mass is 35.5.